The monoisotopic (exact) mass is 284 g/mol. The van der Waals surface area contributed by atoms with Gasteiger partial charge in [0.25, 0.3) is 0 Å². The minimum atomic E-state index is -3.25. The third-order valence-electron chi connectivity index (χ3n) is 3.11. The first-order valence-corrected chi connectivity index (χ1v) is 8.14. The maximum Gasteiger partial charge on any atom is 0.212 e. The molecule has 0 bridgehead atoms. The second-order valence-electron chi connectivity index (χ2n) is 4.65. The number of hydrogen-bond donors (Lipinski definition) is 2. The van der Waals surface area contributed by atoms with Crippen molar-refractivity contribution in [2.75, 3.05) is 26.0 Å². The fraction of sp³-hybridized carbons (Fsp3) is 0.538. The van der Waals surface area contributed by atoms with Gasteiger partial charge in [0.1, 0.15) is 12.4 Å². The highest BCUT2D eigenvalue weighted by Crippen LogP contribution is 2.32. The van der Waals surface area contributed by atoms with Crippen LogP contribution in [0.3, 0.4) is 0 Å². The zero-order valence-electron chi connectivity index (χ0n) is 11.1. The van der Waals surface area contributed by atoms with Crippen LogP contribution in [0.4, 0.5) is 0 Å². The smallest absolute Gasteiger partial charge is 0.212 e. The molecule has 0 radical (unpaired) electrons. The Morgan fingerprint density at radius 1 is 1.32 bits per heavy atom. The van der Waals surface area contributed by atoms with Crippen LogP contribution in [0.1, 0.15) is 24.4 Å². The summed E-state index contributed by atoms with van der Waals surface area (Å²) in [6.45, 7) is 1.21. The summed E-state index contributed by atoms with van der Waals surface area (Å²) in [4.78, 5) is 0. The van der Waals surface area contributed by atoms with Gasteiger partial charge < -0.3 is 10.1 Å². The molecule has 0 fully saturated rings. The molecule has 1 atom stereocenters. The average Bonchev–Trinajstić information content (AvgIpc) is 2.78. The lowest BCUT2D eigenvalue weighted by atomic mass is 10.1. The standard InChI is InChI=1S/C13H20N2O3S/c1-14-8-4-5-9-19(16,17)15-12-10-18-13-7-3-2-6-11(12)13/h2-3,6-7,12,14-15H,4-5,8-10H2,1H3. The number of benzene rings is 1. The van der Waals surface area contributed by atoms with E-state index in [9.17, 15) is 8.42 Å². The largest absolute Gasteiger partial charge is 0.491 e. The molecule has 1 heterocycles. The van der Waals surface area contributed by atoms with Crippen LogP contribution in [0.5, 0.6) is 5.75 Å². The Morgan fingerprint density at radius 3 is 2.89 bits per heavy atom. The van der Waals surface area contributed by atoms with Gasteiger partial charge in [-0.1, -0.05) is 18.2 Å². The van der Waals surface area contributed by atoms with Crippen LogP contribution < -0.4 is 14.8 Å². The van der Waals surface area contributed by atoms with Crippen LogP contribution in [0, 0.1) is 0 Å². The summed E-state index contributed by atoms with van der Waals surface area (Å²) in [7, 11) is -1.39. The zero-order valence-corrected chi connectivity index (χ0v) is 11.9. The molecule has 0 aliphatic carbocycles. The summed E-state index contributed by atoms with van der Waals surface area (Å²) in [5.41, 5.74) is 0.918. The molecule has 0 spiro atoms. The van der Waals surface area contributed by atoms with Crippen LogP contribution >= 0.6 is 0 Å². The Kier molecular flexibility index (Phi) is 4.79. The third kappa shape index (κ3) is 3.92. The van der Waals surface area contributed by atoms with E-state index in [-0.39, 0.29) is 11.8 Å². The first-order chi connectivity index (χ1) is 9.12. The van der Waals surface area contributed by atoms with Gasteiger partial charge in [-0.15, -0.1) is 0 Å². The van der Waals surface area contributed by atoms with Gasteiger partial charge in [0.15, 0.2) is 0 Å². The number of para-hydroxylation sites is 1. The summed E-state index contributed by atoms with van der Waals surface area (Å²) in [6, 6.07) is 7.27. The van der Waals surface area contributed by atoms with Crippen molar-refractivity contribution in [2.45, 2.75) is 18.9 Å². The molecule has 106 valence electrons. The van der Waals surface area contributed by atoms with Gasteiger partial charge >= 0.3 is 0 Å². The molecule has 0 aromatic heterocycles. The number of rotatable bonds is 7. The zero-order chi connectivity index (χ0) is 13.7. The van der Waals surface area contributed by atoms with E-state index in [4.69, 9.17) is 4.74 Å². The summed E-state index contributed by atoms with van der Waals surface area (Å²) < 4.78 is 32.1. The molecule has 5 nitrogen and oxygen atoms in total. The van der Waals surface area contributed by atoms with Gasteiger partial charge in [-0.3, -0.25) is 0 Å². The molecule has 1 aromatic rings. The van der Waals surface area contributed by atoms with Crippen molar-refractivity contribution in [2.24, 2.45) is 0 Å². The van der Waals surface area contributed by atoms with Crippen LogP contribution in [-0.2, 0) is 10.0 Å². The number of nitrogens with one attached hydrogen (secondary N) is 2. The molecule has 1 aromatic carbocycles. The van der Waals surface area contributed by atoms with Crippen molar-refractivity contribution < 1.29 is 13.2 Å². The normalized spacial score (nSPS) is 18.1. The Balaban J connectivity index is 1.91. The average molecular weight is 284 g/mol. The maximum absolute atomic E-state index is 12.0. The van der Waals surface area contributed by atoms with E-state index in [2.05, 4.69) is 10.0 Å². The van der Waals surface area contributed by atoms with Gasteiger partial charge in [-0.2, -0.15) is 0 Å². The Hall–Kier alpha value is -1.11. The van der Waals surface area contributed by atoms with Gasteiger partial charge in [0, 0.05) is 5.56 Å². The number of unbranched alkanes of at least 4 members (excludes halogenated alkanes) is 1. The van der Waals surface area contributed by atoms with Crippen LogP contribution in [0.25, 0.3) is 0 Å². The SMILES string of the molecule is CNCCCCS(=O)(=O)NC1COc2ccccc21. The van der Waals surface area contributed by atoms with Crippen molar-refractivity contribution in [1.29, 1.82) is 0 Å². The Labute approximate surface area is 114 Å². The van der Waals surface area contributed by atoms with Crippen molar-refractivity contribution in [3.63, 3.8) is 0 Å². The maximum atomic E-state index is 12.0. The first-order valence-electron chi connectivity index (χ1n) is 6.49. The molecule has 1 aliphatic rings. The van der Waals surface area contributed by atoms with E-state index in [1.54, 1.807) is 0 Å². The lowest BCUT2D eigenvalue weighted by Crippen LogP contribution is -2.31. The van der Waals surface area contributed by atoms with Crippen molar-refractivity contribution in [3.05, 3.63) is 29.8 Å². The fourth-order valence-electron chi connectivity index (χ4n) is 2.13. The summed E-state index contributed by atoms with van der Waals surface area (Å²) in [6.07, 6.45) is 1.51. The van der Waals surface area contributed by atoms with E-state index in [1.807, 2.05) is 31.3 Å². The molecule has 19 heavy (non-hydrogen) atoms. The molecule has 1 aliphatic heterocycles. The second-order valence-corrected chi connectivity index (χ2v) is 6.52. The van der Waals surface area contributed by atoms with Crippen LogP contribution in [-0.4, -0.2) is 34.4 Å². The number of hydrogen-bond acceptors (Lipinski definition) is 4. The molecular formula is C13H20N2O3S. The Bertz CT molecular complexity index is 516. The molecule has 1 unspecified atom stereocenters. The molecule has 6 heteroatoms. The number of ether oxygens (including phenoxy) is 1. The Morgan fingerprint density at radius 2 is 2.11 bits per heavy atom. The molecule has 0 saturated carbocycles. The van der Waals surface area contributed by atoms with Crippen molar-refractivity contribution in [1.82, 2.24) is 10.0 Å². The lowest BCUT2D eigenvalue weighted by Gasteiger charge is -2.12. The highest BCUT2D eigenvalue weighted by Gasteiger charge is 2.27. The van der Waals surface area contributed by atoms with E-state index in [0.717, 1.165) is 24.3 Å². The highest BCUT2D eigenvalue weighted by atomic mass is 32.2. The van der Waals surface area contributed by atoms with Crippen LogP contribution in [0.2, 0.25) is 0 Å². The molecule has 2 N–H and O–H groups in total. The van der Waals surface area contributed by atoms with E-state index in [1.165, 1.54) is 0 Å². The van der Waals surface area contributed by atoms with Crippen LogP contribution in [0.15, 0.2) is 24.3 Å². The van der Waals surface area contributed by atoms with E-state index in [0.29, 0.717) is 13.0 Å². The predicted molar refractivity (Wildman–Crippen MR) is 74.8 cm³/mol. The van der Waals surface area contributed by atoms with Gasteiger partial charge in [-0.25, -0.2) is 13.1 Å². The predicted octanol–water partition coefficient (Wildman–Crippen LogP) is 1.04. The summed E-state index contributed by atoms with van der Waals surface area (Å²) >= 11 is 0. The van der Waals surface area contributed by atoms with Gasteiger partial charge in [0.2, 0.25) is 10.0 Å². The van der Waals surface area contributed by atoms with Gasteiger partial charge in [0.05, 0.1) is 11.8 Å². The van der Waals surface area contributed by atoms with E-state index >= 15 is 0 Å². The summed E-state index contributed by atoms with van der Waals surface area (Å²) in [5.74, 6) is 0.929. The van der Waals surface area contributed by atoms with E-state index < -0.39 is 10.0 Å². The minimum absolute atomic E-state index is 0.160. The minimum Gasteiger partial charge on any atom is -0.491 e. The molecule has 0 saturated heterocycles. The topological polar surface area (TPSA) is 67.4 Å². The van der Waals surface area contributed by atoms with Crippen molar-refractivity contribution >= 4 is 10.0 Å². The summed E-state index contributed by atoms with van der Waals surface area (Å²) in [5, 5.41) is 3.00. The van der Waals surface area contributed by atoms with Gasteiger partial charge in [-0.05, 0) is 32.5 Å². The lowest BCUT2D eigenvalue weighted by molar-refractivity contribution is 0.325. The number of fused-ring (bicyclic) bond motifs is 1. The third-order valence-corrected chi connectivity index (χ3v) is 4.58. The first kappa shape index (κ1) is 14.3. The molecular weight excluding hydrogens is 264 g/mol. The number of sulfonamides is 1. The quantitative estimate of drug-likeness (QED) is 0.734. The molecule has 0 amide bonds. The second kappa shape index (κ2) is 6.36. The van der Waals surface area contributed by atoms with Crippen molar-refractivity contribution in [3.8, 4) is 5.75 Å². The molecule has 2 rings (SSSR count). The fourth-order valence-corrected chi connectivity index (χ4v) is 3.46. The highest BCUT2D eigenvalue weighted by molar-refractivity contribution is 7.89.